The molecule has 4 heteroatoms. The summed E-state index contributed by atoms with van der Waals surface area (Å²) in [6.07, 6.45) is 0. The van der Waals surface area contributed by atoms with E-state index in [4.69, 9.17) is 0 Å². The SMILES string of the molecule is Cc1cc2c(-c3cc4ccccc4c4ccccc34)cccc2[cH-]1.Cc1ccc2c(c1)[cH-]c1cc(C)ccc12.Cl.Cl.[CH3-].[Si]=[Zr].[c-]1ccccc1. The van der Waals surface area contributed by atoms with Gasteiger partial charge in [-0.2, -0.15) is 42.5 Å². The average molecular weight is 783 g/mol. The zero-order valence-corrected chi connectivity index (χ0v) is 33.9. The summed E-state index contributed by atoms with van der Waals surface area (Å²) in [7, 11) is 0. The standard InChI is InChI=1S/C24H17.C15H13.C6H5.CH3.2ClH.Si.Zr/c1-16-13-17-8-6-12-22(23(17)14-16)24-15-18-7-2-3-9-19(18)20-10-4-5-11-21(20)24;1-10-3-5-14-12(7-10)9-13-8-11(2)4-6-15(13)14;1-2-4-6-5-3-1;;;;;/h2-15H,1H3;3-9H,1-2H3;1-5H;1H3;2*1H;;/q4*-1;;;;. The molecule has 2 radical (unpaired) electrons. The molecule has 9 aromatic carbocycles. The summed E-state index contributed by atoms with van der Waals surface area (Å²) in [5, 5.41) is 13.4. The maximum atomic E-state index is 3.06. The molecule has 50 heavy (non-hydrogen) atoms. The third kappa shape index (κ3) is 8.92. The van der Waals surface area contributed by atoms with Crippen LogP contribution in [0.2, 0.25) is 0 Å². The second kappa shape index (κ2) is 19.0. The van der Waals surface area contributed by atoms with Gasteiger partial charge in [0.1, 0.15) is 0 Å². The van der Waals surface area contributed by atoms with Crippen LogP contribution in [0.1, 0.15) is 16.7 Å². The number of benzene rings is 7. The van der Waals surface area contributed by atoms with E-state index in [2.05, 4.69) is 161 Å². The molecule has 9 rings (SSSR count). The van der Waals surface area contributed by atoms with E-state index in [1.165, 1.54) is 105 Å². The van der Waals surface area contributed by atoms with Crippen LogP contribution in [0.15, 0.2) is 158 Å². The van der Waals surface area contributed by atoms with Crippen molar-refractivity contribution in [3.8, 4) is 11.1 Å². The van der Waals surface area contributed by atoms with Crippen molar-refractivity contribution < 1.29 is 23.3 Å². The van der Waals surface area contributed by atoms with Gasteiger partial charge in [-0.1, -0.05) is 102 Å². The zero-order chi connectivity index (χ0) is 32.8. The van der Waals surface area contributed by atoms with Crippen molar-refractivity contribution in [2.75, 3.05) is 0 Å². The van der Waals surface area contributed by atoms with Crippen LogP contribution in [0.25, 0.3) is 65.0 Å². The van der Waals surface area contributed by atoms with Crippen molar-refractivity contribution in [1.29, 1.82) is 0 Å². The molecule has 0 unspecified atom stereocenters. The minimum Gasteiger partial charge on any atom is -0.184 e. The van der Waals surface area contributed by atoms with Crippen LogP contribution in [0, 0.1) is 34.3 Å². The molecule has 0 aliphatic heterocycles. The predicted octanol–water partition coefficient (Wildman–Crippen LogP) is 13.6. The molecule has 0 nitrogen and oxygen atoms in total. The molecule has 0 saturated carbocycles. The van der Waals surface area contributed by atoms with Gasteiger partial charge in [0, 0.05) is 0 Å². The van der Waals surface area contributed by atoms with Crippen LogP contribution >= 0.6 is 24.8 Å². The van der Waals surface area contributed by atoms with Crippen molar-refractivity contribution >= 4 is 85.6 Å². The van der Waals surface area contributed by atoms with Gasteiger partial charge in [0.15, 0.2) is 0 Å². The first kappa shape index (κ1) is 40.6. The predicted molar refractivity (Wildman–Crippen MR) is 223 cm³/mol. The van der Waals surface area contributed by atoms with E-state index in [1.807, 2.05) is 30.3 Å². The van der Waals surface area contributed by atoms with Gasteiger partial charge in [-0.3, -0.25) is 0 Å². The summed E-state index contributed by atoms with van der Waals surface area (Å²) in [5.41, 5.74) is 6.62. The number of rotatable bonds is 1. The molecular formula is C46H40Cl2SiZr-4. The van der Waals surface area contributed by atoms with E-state index in [0.717, 1.165) is 0 Å². The number of aryl methyl sites for hydroxylation is 3. The Labute approximate surface area is 326 Å². The number of halogens is 2. The fraction of sp³-hybridized carbons (Fsp3) is 0.0652. The Morgan fingerprint density at radius 3 is 1.62 bits per heavy atom. The number of hydrogen-bond donors (Lipinski definition) is 0. The van der Waals surface area contributed by atoms with Crippen LogP contribution in [-0.4, -0.2) is 6.88 Å². The maximum absolute atomic E-state index is 3.06. The van der Waals surface area contributed by atoms with Crippen LogP contribution in [0.3, 0.4) is 0 Å². The first-order chi connectivity index (χ1) is 23.0. The van der Waals surface area contributed by atoms with Crippen molar-refractivity contribution in [3.05, 3.63) is 188 Å². The molecule has 0 aliphatic carbocycles. The van der Waals surface area contributed by atoms with Crippen LogP contribution < -0.4 is 0 Å². The minimum atomic E-state index is 0. The van der Waals surface area contributed by atoms with Crippen LogP contribution in [-0.2, 0) is 23.3 Å². The topological polar surface area (TPSA) is 0 Å². The van der Waals surface area contributed by atoms with E-state index in [0.29, 0.717) is 0 Å². The number of fused-ring (bicyclic) bond motifs is 7. The van der Waals surface area contributed by atoms with E-state index < -0.39 is 0 Å². The molecule has 9 aromatic rings. The van der Waals surface area contributed by atoms with E-state index in [1.54, 1.807) is 0 Å². The van der Waals surface area contributed by atoms with Gasteiger partial charge in [-0.05, 0) is 47.0 Å². The Morgan fingerprint density at radius 2 is 1.04 bits per heavy atom. The Balaban J connectivity index is 0.000000224. The fourth-order valence-corrected chi connectivity index (χ4v) is 6.50. The summed E-state index contributed by atoms with van der Waals surface area (Å²) >= 11 is 1.36. The van der Waals surface area contributed by atoms with Gasteiger partial charge >= 0.3 is 30.2 Å². The van der Waals surface area contributed by atoms with Gasteiger partial charge < -0.3 is 7.43 Å². The summed E-state index contributed by atoms with van der Waals surface area (Å²) < 4.78 is 0. The Hall–Kier alpha value is -3.78. The summed E-state index contributed by atoms with van der Waals surface area (Å²) in [6.45, 7) is 9.51. The molecular weight excluding hydrogens is 743 g/mol. The Bertz CT molecular complexity index is 2360. The van der Waals surface area contributed by atoms with Gasteiger partial charge in [0.2, 0.25) is 0 Å². The monoisotopic (exact) mass is 780 g/mol. The van der Waals surface area contributed by atoms with Gasteiger partial charge in [0.25, 0.3) is 0 Å². The number of hydrogen-bond acceptors (Lipinski definition) is 0. The molecule has 0 fully saturated rings. The summed E-state index contributed by atoms with van der Waals surface area (Å²) in [5.74, 6) is 0. The van der Waals surface area contributed by atoms with Crippen molar-refractivity contribution in [1.82, 2.24) is 0 Å². The molecule has 0 amide bonds. The molecule has 0 spiro atoms. The van der Waals surface area contributed by atoms with E-state index >= 15 is 0 Å². The van der Waals surface area contributed by atoms with E-state index in [9.17, 15) is 0 Å². The molecule has 0 aromatic heterocycles. The Kier molecular flexibility index (Phi) is 15.4. The van der Waals surface area contributed by atoms with Gasteiger partial charge in [0.05, 0.1) is 0 Å². The van der Waals surface area contributed by atoms with Crippen LogP contribution in [0.4, 0.5) is 0 Å². The Morgan fingerprint density at radius 1 is 0.460 bits per heavy atom. The first-order valence-corrected chi connectivity index (χ1v) is 20.0. The van der Waals surface area contributed by atoms with Crippen molar-refractivity contribution in [3.63, 3.8) is 0 Å². The van der Waals surface area contributed by atoms with Gasteiger partial charge in [-0.15, -0.1) is 99.1 Å². The summed E-state index contributed by atoms with van der Waals surface area (Å²) in [4.78, 5) is 0. The second-order valence-corrected chi connectivity index (χ2v) is 11.9. The summed E-state index contributed by atoms with van der Waals surface area (Å²) in [6, 6.07) is 59.0. The normalized spacial score (nSPS) is 9.96. The average Bonchev–Trinajstić information content (AvgIpc) is 3.68. The maximum Gasteiger partial charge on any atom is -0.171 e. The molecule has 250 valence electrons. The molecule has 0 heterocycles. The minimum absolute atomic E-state index is 0. The third-order valence-corrected chi connectivity index (χ3v) is 8.58. The smallest absolute Gasteiger partial charge is 0.171 e. The molecule has 0 bridgehead atoms. The van der Waals surface area contributed by atoms with E-state index in [-0.39, 0.29) is 32.2 Å². The molecule has 0 N–H and O–H groups in total. The van der Waals surface area contributed by atoms with Crippen LogP contribution in [0.5, 0.6) is 0 Å². The zero-order valence-electron chi connectivity index (χ0n) is 28.8. The molecule has 0 saturated heterocycles. The van der Waals surface area contributed by atoms with Gasteiger partial charge in [-0.25, -0.2) is 0 Å². The fourth-order valence-electron chi connectivity index (χ4n) is 6.50. The third-order valence-electron chi connectivity index (χ3n) is 8.58. The first-order valence-electron chi connectivity index (χ1n) is 15.8. The van der Waals surface area contributed by atoms with Crippen molar-refractivity contribution in [2.45, 2.75) is 20.8 Å². The molecule has 0 aliphatic rings. The van der Waals surface area contributed by atoms with Crippen molar-refractivity contribution in [2.24, 2.45) is 0 Å². The quantitative estimate of drug-likeness (QED) is 0.0884. The largest absolute Gasteiger partial charge is 0.184 e. The molecule has 0 atom stereocenters. The second-order valence-electron chi connectivity index (χ2n) is 11.9.